The molecule has 180 valence electrons. The Morgan fingerprint density at radius 2 is 1.63 bits per heavy atom. The van der Waals surface area contributed by atoms with Crippen LogP contribution in [0.2, 0.25) is 0 Å². The van der Waals surface area contributed by atoms with E-state index in [1.165, 1.54) is 18.7 Å². The number of carbonyl (C=O) groups is 1. The lowest BCUT2D eigenvalue weighted by Crippen LogP contribution is -2.37. The molecule has 0 aliphatic carbocycles. The summed E-state index contributed by atoms with van der Waals surface area (Å²) in [6.07, 6.45) is -4.48. The maximum atomic E-state index is 12.9. The maximum absolute atomic E-state index is 12.9. The van der Waals surface area contributed by atoms with Crippen LogP contribution in [0.25, 0.3) is 22.4 Å². The van der Waals surface area contributed by atoms with Gasteiger partial charge >= 0.3 is 11.9 Å². The Labute approximate surface area is 200 Å². The van der Waals surface area contributed by atoms with Crippen molar-refractivity contribution in [2.45, 2.75) is 11.2 Å². The molecule has 0 aliphatic heterocycles. The first-order chi connectivity index (χ1) is 16.6. The van der Waals surface area contributed by atoms with Crippen molar-refractivity contribution in [3.63, 3.8) is 0 Å². The maximum Gasteiger partial charge on any atom is 0.416 e. The average molecular weight is 501 g/mol. The lowest BCUT2D eigenvalue weighted by molar-refractivity contribution is -0.137. The third kappa shape index (κ3) is 4.97. The average Bonchev–Trinajstić information content (AvgIpc) is 2.84. The van der Waals surface area contributed by atoms with Crippen molar-refractivity contribution in [2.75, 3.05) is 11.1 Å². The fourth-order valence-electron chi connectivity index (χ4n) is 3.32. The van der Waals surface area contributed by atoms with Crippen LogP contribution in [0.3, 0.4) is 0 Å². The SMILES string of the molecule is Cn1c(=O)c2c(SCC(=O)Nc3ccc(C(F)(F)F)cc3)nc(-c3ccccc3)nc2n(C)c1=O. The number of hydrogen-bond acceptors (Lipinski definition) is 6. The molecule has 1 amide bonds. The second kappa shape index (κ2) is 9.37. The highest BCUT2D eigenvalue weighted by atomic mass is 32.2. The lowest BCUT2D eigenvalue weighted by Gasteiger charge is -2.12. The zero-order chi connectivity index (χ0) is 25.3. The molecule has 0 radical (unpaired) electrons. The molecular formula is C23H18F3N5O3S. The van der Waals surface area contributed by atoms with Gasteiger partial charge in [-0.25, -0.2) is 14.8 Å². The van der Waals surface area contributed by atoms with Gasteiger partial charge in [-0.1, -0.05) is 42.1 Å². The molecule has 12 heteroatoms. The Morgan fingerprint density at radius 3 is 2.26 bits per heavy atom. The summed E-state index contributed by atoms with van der Waals surface area (Å²) in [6, 6.07) is 13.0. The number of benzene rings is 2. The van der Waals surface area contributed by atoms with Gasteiger partial charge in [0.25, 0.3) is 5.56 Å². The molecule has 0 saturated carbocycles. The molecule has 35 heavy (non-hydrogen) atoms. The monoisotopic (exact) mass is 501 g/mol. The standard InChI is InChI=1S/C23H18F3N5O3S/c1-30-19-17(21(33)31(2)22(30)34)20(29-18(28-19)13-6-4-3-5-7-13)35-12-16(32)27-15-10-8-14(9-11-15)23(24,25)26/h3-11H,12H2,1-2H3,(H,27,32). The molecule has 8 nitrogen and oxygen atoms in total. The van der Waals surface area contributed by atoms with E-state index < -0.39 is 28.9 Å². The van der Waals surface area contributed by atoms with Crippen LogP contribution in [0, 0.1) is 0 Å². The first-order valence-corrected chi connectivity index (χ1v) is 11.2. The lowest BCUT2D eigenvalue weighted by atomic mass is 10.2. The molecule has 0 atom stereocenters. The molecular weight excluding hydrogens is 483 g/mol. The zero-order valence-electron chi connectivity index (χ0n) is 18.5. The Kier molecular flexibility index (Phi) is 6.48. The highest BCUT2D eigenvalue weighted by Gasteiger charge is 2.30. The summed E-state index contributed by atoms with van der Waals surface area (Å²) in [6.45, 7) is 0. The molecule has 0 unspecified atom stereocenters. The van der Waals surface area contributed by atoms with Crippen LogP contribution in [0.15, 0.2) is 69.2 Å². The topological polar surface area (TPSA) is 98.9 Å². The summed E-state index contributed by atoms with van der Waals surface area (Å²) in [4.78, 5) is 46.7. The summed E-state index contributed by atoms with van der Waals surface area (Å²) in [5.74, 6) is -0.427. The molecule has 4 aromatic rings. The van der Waals surface area contributed by atoms with Gasteiger partial charge in [0.05, 0.1) is 11.3 Å². The molecule has 0 fully saturated rings. The Morgan fingerprint density at radius 1 is 0.971 bits per heavy atom. The van der Waals surface area contributed by atoms with Gasteiger partial charge in [-0.05, 0) is 24.3 Å². The van der Waals surface area contributed by atoms with Crippen molar-refractivity contribution in [1.82, 2.24) is 19.1 Å². The first kappa shape index (κ1) is 24.2. The van der Waals surface area contributed by atoms with Crippen LogP contribution < -0.4 is 16.6 Å². The van der Waals surface area contributed by atoms with E-state index in [2.05, 4.69) is 15.3 Å². The number of anilines is 1. The number of carbonyl (C=O) groups excluding carboxylic acids is 1. The Hall–Kier alpha value is -3.93. The Balaban J connectivity index is 1.67. The van der Waals surface area contributed by atoms with Gasteiger partial charge in [-0.2, -0.15) is 13.2 Å². The normalized spacial score (nSPS) is 11.6. The van der Waals surface area contributed by atoms with Gasteiger partial charge in [-0.15, -0.1) is 0 Å². The van der Waals surface area contributed by atoms with E-state index >= 15 is 0 Å². The molecule has 2 aromatic carbocycles. The van der Waals surface area contributed by atoms with Gasteiger partial charge in [0, 0.05) is 25.3 Å². The van der Waals surface area contributed by atoms with Gasteiger partial charge < -0.3 is 5.32 Å². The summed E-state index contributed by atoms with van der Waals surface area (Å²) >= 11 is 0.959. The number of alkyl halides is 3. The van der Waals surface area contributed by atoms with E-state index in [9.17, 15) is 27.6 Å². The Bertz CT molecular complexity index is 1530. The number of aromatic nitrogens is 4. The molecule has 4 rings (SSSR count). The van der Waals surface area contributed by atoms with Gasteiger partial charge in [0.1, 0.15) is 10.4 Å². The van der Waals surface area contributed by atoms with Crippen molar-refractivity contribution in [3.05, 3.63) is 81.0 Å². The first-order valence-electron chi connectivity index (χ1n) is 10.2. The highest BCUT2D eigenvalue weighted by molar-refractivity contribution is 8.00. The molecule has 0 bridgehead atoms. The van der Waals surface area contributed by atoms with Crippen molar-refractivity contribution < 1.29 is 18.0 Å². The molecule has 2 aromatic heterocycles. The number of hydrogen-bond donors (Lipinski definition) is 1. The largest absolute Gasteiger partial charge is 0.416 e. The number of aryl methyl sites for hydroxylation is 1. The van der Waals surface area contributed by atoms with Crippen molar-refractivity contribution in [1.29, 1.82) is 0 Å². The minimum atomic E-state index is -4.48. The number of amides is 1. The molecule has 2 heterocycles. The van der Waals surface area contributed by atoms with Crippen molar-refractivity contribution in [3.8, 4) is 11.4 Å². The van der Waals surface area contributed by atoms with Crippen molar-refractivity contribution in [2.24, 2.45) is 14.1 Å². The summed E-state index contributed by atoms with van der Waals surface area (Å²) in [7, 11) is 2.82. The predicted octanol–water partition coefficient (Wildman–Crippen LogP) is 3.44. The number of rotatable bonds is 5. The van der Waals surface area contributed by atoms with Crippen LogP contribution >= 0.6 is 11.8 Å². The van der Waals surface area contributed by atoms with E-state index in [1.54, 1.807) is 24.3 Å². The van der Waals surface area contributed by atoms with Crippen LogP contribution in [-0.2, 0) is 25.1 Å². The second-order valence-corrected chi connectivity index (χ2v) is 8.50. The zero-order valence-corrected chi connectivity index (χ0v) is 19.3. The van der Waals surface area contributed by atoms with Crippen LogP contribution in [0.5, 0.6) is 0 Å². The highest BCUT2D eigenvalue weighted by Crippen LogP contribution is 2.30. The number of fused-ring (bicyclic) bond motifs is 1. The molecule has 0 aliphatic rings. The summed E-state index contributed by atoms with van der Waals surface area (Å²) in [5, 5.41) is 2.81. The molecule has 1 N–H and O–H groups in total. The van der Waals surface area contributed by atoms with E-state index in [1.807, 2.05) is 6.07 Å². The number of nitrogens with one attached hydrogen (secondary N) is 1. The summed E-state index contributed by atoms with van der Waals surface area (Å²) < 4.78 is 40.4. The second-order valence-electron chi connectivity index (χ2n) is 7.53. The van der Waals surface area contributed by atoms with E-state index in [4.69, 9.17) is 0 Å². The minimum absolute atomic E-state index is 0.0848. The molecule has 0 spiro atoms. The van der Waals surface area contributed by atoms with E-state index in [0.29, 0.717) is 5.56 Å². The van der Waals surface area contributed by atoms with Gasteiger partial charge in [-0.3, -0.25) is 18.7 Å². The minimum Gasteiger partial charge on any atom is -0.325 e. The predicted molar refractivity (Wildman–Crippen MR) is 126 cm³/mol. The smallest absolute Gasteiger partial charge is 0.325 e. The fourth-order valence-corrected chi connectivity index (χ4v) is 4.14. The third-order valence-electron chi connectivity index (χ3n) is 5.13. The van der Waals surface area contributed by atoms with E-state index in [0.717, 1.165) is 40.6 Å². The number of nitrogens with zero attached hydrogens (tertiary/aromatic N) is 4. The summed E-state index contributed by atoms with van der Waals surface area (Å²) in [5.41, 5.74) is -1.02. The van der Waals surface area contributed by atoms with E-state index in [-0.39, 0.29) is 33.3 Å². The number of thioether (sulfide) groups is 1. The van der Waals surface area contributed by atoms with Crippen LogP contribution in [0.1, 0.15) is 5.56 Å². The van der Waals surface area contributed by atoms with Crippen LogP contribution in [0.4, 0.5) is 18.9 Å². The third-order valence-corrected chi connectivity index (χ3v) is 6.11. The fraction of sp³-hybridized carbons (Fsp3) is 0.174. The quantitative estimate of drug-likeness (QED) is 0.332. The molecule has 0 saturated heterocycles. The van der Waals surface area contributed by atoms with Crippen molar-refractivity contribution >= 4 is 34.4 Å². The van der Waals surface area contributed by atoms with Gasteiger partial charge in [0.2, 0.25) is 5.91 Å². The number of halogens is 3. The van der Waals surface area contributed by atoms with Gasteiger partial charge in [0.15, 0.2) is 11.5 Å². The van der Waals surface area contributed by atoms with Crippen LogP contribution in [-0.4, -0.2) is 30.8 Å².